The molecule has 0 saturated carbocycles. The van der Waals surface area contributed by atoms with Gasteiger partial charge in [-0.1, -0.05) is 23.7 Å². The molecule has 0 amide bonds. The quantitative estimate of drug-likeness (QED) is 0.941. The van der Waals surface area contributed by atoms with E-state index in [-0.39, 0.29) is 6.04 Å². The molecule has 5 nitrogen and oxygen atoms in total. The van der Waals surface area contributed by atoms with Gasteiger partial charge in [-0.3, -0.25) is 4.90 Å². The summed E-state index contributed by atoms with van der Waals surface area (Å²) >= 11 is 7.40. The van der Waals surface area contributed by atoms with Crippen LogP contribution in [0.4, 0.5) is 0 Å². The van der Waals surface area contributed by atoms with E-state index in [0.717, 1.165) is 47.6 Å². The summed E-state index contributed by atoms with van der Waals surface area (Å²) in [6.45, 7) is 6.23. The Morgan fingerprint density at radius 3 is 2.90 bits per heavy atom. The lowest BCUT2D eigenvalue weighted by molar-refractivity contribution is 0.160. The van der Waals surface area contributed by atoms with Crippen LogP contribution in [0.3, 0.4) is 0 Å². The van der Waals surface area contributed by atoms with Gasteiger partial charge in [-0.05, 0) is 18.6 Å². The van der Waals surface area contributed by atoms with Crippen LogP contribution in [0, 0.1) is 0 Å². The highest BCUT2D eigenvalue weighted by Gasteiger charge is 2.25. The van der Waals surface area contributed by atoms with Crippen LogP contribution in [0.25, 0.3) is 10.8 Å². The van der Waals surface area contributed by atoms with E-state index in [4.69, 9.17) is 16.1 Å². The minimum atomic E-state index is 0.227. The maximum absolute atomic E-state index is 5.94. The third kappa shape index (κ3) is 2.88. The summed E-state index contributed by atoms with van der Waals surface area (Å²) < 4.78 is 6.12. The highest BCUT2D eigenvalue weighted by Crippen LogP contribution is 2.31. The van der Waals surface area contributed by atoms with Crippen molar-refractivity contribution >= 4 is 22.9 Å². The Kier molecular flexibility index (Phi) is 4.35. The van der Waals surface area contributed by atoms with Crippen LogP contribution in [-0.4, -0.2) is 41.2 Å². The molecule has 3 heterocycles. The largest absolute Gasteiger partial charge is 0.333 e. The molecule has 2 aromatic heterocycles. The maximum Gasteiger partial charge on any atom is 0.268 e. The minimum Gasteiger partial charge on any atom is -0.333 e. The van der Waals surface area contributed by atoms with E-state index in [0.29, 0.717) is 5.89 Å². The lowest BCUT2D eigenvalue weighted by Gasteiger charge is -2.32. The molecule has 1 aliphatic rings. The second-order valence-electron chi connectivity index (χ2n) is 4.77. The average molecular weight is 313 g/mol. The van der Waals surface area contributed by atoms with Gasteiger partial charge in [-0.25, -0.2) is 0 Å². The first-order valence-corrected chi connectivity index (χ1v) is 8.01. The van der Waals surface area contributed by atoms with Crippen molar-refractivity contribution in [2.45, 2.75) is 19.4 Å². The number of nitrogens with one attached hydrogen (secondary N) is 1. The number of halogens is 1. The van der Waals surface area contributed by atoms with Crippen LogP contribution in [0.5, 0.6) is 0 Å². The van der Waals surface area contributed by atoms with E-state index in [1.807, 2.05) is 12.1 Å². The van der Waals surface area contributed by atoms with Gasteiger partial charge in [0.15, 0.2) is 5.82 Å². The van der Waals surface area contributed by atoms with Crippen LogP contribution >= 0.6 is 22.9 Å². The number of rotatable bonds is 4. The molecule has 0 aromatic carbocycles. The first-order valence-electron chi connectivity index (χ1n) is 6.82. The molecular weight excluding hydrogens is 296 g/mol. The number of nitrogens with zero attached hydrogens (tertiary/aromatic N) is 3. The van der Waals surface area contributed by atoms with E-state index >= 15 is 0 Å². The number of hydrogen-bond acceptors (Lipinski definition) is 6. The first-order chi connectivity index (χ1) is 9.78. The summed E-state index contributed by atoms with van der Waals surface area (Å²) in [6.07, 6.45) is 0.976. The van der Waals surface area contributed by atoms with Crippen LogP contribution in [0.2, 0.25) is 4.34 Å². The Labute approximate surface area is 126 Å². The van der Waals surface area contributed by atoms with Crippen LogP contribution in [0.1, 0.15) is 25.2 Å². The predicted octanol–water partition coefficient (Wildman–Crippen LogP) is 2.81. The molecule has 0 radical (unpaired) electrons. The Balaban J connectivity index is 1.80. The molecule has 1 fully saturated rings. The summed E-state index contributed by atoms with van der Waals surface area (Å²) in [5, 5.41) is 7.52. The summed E-state index contributed by atoms with van der Waals surface area (Å²) in [7, 11) is 0. The summed E-state index contributed by atoms with van der Waals surface area (Å²) in [5.74, 6) is 1.33. The smallest absolute Gasteiger partial charge is 0.268 e. The van der Waals surface area contributed by atoms with Gasteiger partial charge < -0.3 is 9.84 Å². The molecule has 1 atom stereocenters. The number of thiophene rings is 1. The molecule has 20 heavy (non-hydrogen) atoms. The van der Waals surface area contributed by atoms with Crippen molar-refractivity contribution in [2.75, 3.05) is 26.2 Å². The molecular formula is C13H17ClN4OS. The van der Waals surface area contributed by atoms with Crippen LogP contribution in [0.15, 0.2) is 16.7 Å². The van der Waals surface area contributed by atoms with Gasteiger partial charge in [0.1, 0.15) is 0 Å². The molecule has 1 aliphatic heterocycles. The third-order valence-corrected chi connectivity index (χ3v) is 4.72. The molecule has 7 heteroatoms. The zero-order chi connectivity index (χ0) is 13.9. The summed E-state index contributed by atoms with van der Waals surface area (Å²) in [5.41, 5.74) is 0. The summed E-state index contributed by atoms with van der Waals surface area (Å²) in [6, 6.07) is 3.99. The molecule has 0 aliphatic carbocycles. The minimum absolute atomic E-state index is 0.227. The number of piperazine rings is 1. The predicted molar refractivity (Wildman–Crippen MR) is 80.1 cm³/mol. The second kappa shape index (κ2) is 6.22. The Morgan fingerprint density at radius 2 is 2.25 bits per heavy atom. The fourth-order valence-electron chi connectivity index (χ4n) is 2.50. The van der Waals surface area contributed by atoms with Crippen molar-refractivity contribution in [2.24, 2.45) is 0 Å². The van der Waals surface area contributed by atoms with Crippen molar-refractivity contribution < 1.29 is 4.52 Å². The van der Waals surface area contributed by atoms with Crippen molar-refractivity contribution in [1.82, 2.24) is 20.4 Å². The molecule has 1 N–H and O–H groups in total. The van der Waals surface area contributed by atoms with E-state index in [9.17, 15) is 0 Å². The van der Waals surface area contributed by atoms with Gasteiger partial charge in [-0.2, -0.15) is 4.98 Å². The fourth-order valence-corrected chi connectivity index (χ4v) is 3.46. The zero-order valence-electron chi connectivity index (χ0n) is 11.3. The van der Waals surface area contributed by atoms with Gasteiger partial charge in [0.2, 0.25) is 0 Å². The molecule has 1 saturated heterocycles. The monoisotopic (exact) mass is 312 g/mol. The Bertz CT molecular complexity index is 564. The topological polar surface area (TPSA) is 54.2 Å². The molecule has 1 unspecified atom stereocenters. The van der Waals surface area contributed by atoms with Crippen LogP contribution < -0.4 is 5.32 Å². The SMILES string of the molecule is CCC(c1noc(-c2ccc(Cl)s2)n1)N1CCNCC1. The van der Waals surface area contributed by atoms with Gasteiger partial charge in [0, 0.05) is 26.2 Å². The first kappa shape index (κ1) is 14.0. The summed E-state index contributed by atoms with van der Waals surface area (Å²) in [4.78, 5) is 7.88. The average Bonchev–Trinajstić information content (AvgIpc) is 3.10. The van der Waals surface area contributed by atoms with Gasteiger partial charge in [0.25, 0.3) is 5.89 Å². The van der Waals surface area contributed by atoms with E-state index in [2.05, 4.69) is 27.3 Å². The maximum atomic E-state index is 5.94. The molecule has 108 valence electrons. The van der Waals surface area contributed by atoms with Gasteiger partial charge >= 0.3 is 0 Å². The van der Waals surface area contributed by atoms with E-state index in [1.165, 1.54) is 11.3 Å². The zero-order valence-corrected chi connectivity index (χ0v) is 12.9. The molecule has 0 spiro atoms. The van der Waals surface area contributed by atoms with E-state index < -0.39 is 0 Å². The Hall–Kier alpha value is -0.950. The fraction of sp³-hybridized carbons (Fsp3) is 0.538. The van der Waals surface area contributed by atoms with Crippen molar-refractivity contribution in [1.29, 1.82) is 0 Å². The molecule has 0 bridgehead atoms. The normalized spacial score (nSPS) is 18.3. The Morgan fingerprint density at radius 1 is 1.45 bits per heavy atom. The highest BCUT2D eigenvalue weighted by molar-refractivity contribution is 7.19. The lowest BCUT2D eigenvalue weighted by atomic mass is 10.1. The van der Waals surface area contributed by atoms with Crippen molar-refractivity contribution in [3.63, 3.8) is 0 Å². The molecule has 3 rings (SSSR count). The van der Waals surface area contributed by atoms with Crippen LogP contribution in [-0.2, 0) is 0 Å². The standard InChI is InChI=1S/C13H17ClN4OS/c1-2-9(18-7-5-15-6-8-18)12-16-13(19-17-12)10-3-4-11(14)20-10/h3-4,9,15H,2,5-8H2,1H3. The highest BCUT2D eigenvalue weighted by atomic mass is 35.5. The third-order valence-electron chi connectivity index (χ3n) is 3.50. The lowest BCUT2D eigenvalue weighted by Crippen LogP contribution is -2.45. The van der Waals surface area contributed by atoms with E-state index in [1.54, 1.807) is 0 Å². The molecule has 2 aromatic rings. The number of hydrogen-bond donors (Lipinski definition) is 1. The number of aromatic nitrogens is 2. The van der Waals surface area contributed by atoms with Crippen molar-refractivity contribution in [3.8, 4) is 10.8 Å². The van der Waals surface area contributed by atoms with Gasteiger partial charge in [0.05, 0.1) is 15.3 Å². The van der Waals surface area contributed by atoms with Crippen molar-refractivity contribution in [3.05, 3.63) is 22.3 Å². The van der Waals surface area contributed by atoms with Gasteiger partial charge in [-0.15, -0.1) is 11.3 Å². The second-order valence-corrected chi connectivity index (χ2v) is 6.49.